The van der Waals surface area contributed by atoms with Gasteiger partial charge in [-0.15, -0.1) is 0 Å². The lowest BCUT2D eigenvalue weighted by molar-refractivity contribution is 1.37. The zero-order valence-electron chi connectivity index (χ0n) is 9.23. The lowest BCUT2D eigenvalue weighted by atomic mass is 10.3. The Labute approximate surface area is 53.1 Å². The summed E-state index contributed by atoms with van der Waals surface area (Å²) in [4.78, 5) is 0. The first kappa shape index (κ1) is 1.28. The van der Waals surface area contributed by atoms with Crippen molar-refractivity contribution in [2.24, 2.45) is 0 Å². The van der Waals surface area contributed by atoms with Gasteiger partial charge in [0.2, 0.25) is 0 Å². The minimum Gasteiger partial charge on any atom is -0.175 e. The second kappa shape index (κ2) is 3.29. The monoisotopic (exact) mass is 108 g/mol. The zero-order chi connectivity index (χ0) is 9.99. The lowest BCUT2D eigenvalue weighted by Crippen LogP contribution is -1.63. The summed E-state index contributed by atoms with van der Waals surface area (Å²) in [5.74, 6) is 0.117. The smallest absolute Gasteiger partial charge is 0.0276 e. The lowest BCUT2D eigenvalue weighted by Gasteiger charge is -1.79. The largest absolute Gasteiger partial charge is 0.175 e. The van der Waals surface area contributed by atoms with Crippen molar-refractivity contribution in [2.45, 2.75) is 13.7 Å². The number of allylic oxidation sites excluding steroid dienone is 1. The normalized spacial score (nSPS) is 26.8. The maximum Gasteiger partial charge on any atom is 0.0276 e. The summed E-state index contributed by atoms with van der Waals surface area (Å²) in [6, 6.07) is 0. The van der Waals surface area contributed by atoms with Crippen LogP contribution in [-0.4, -0.2) is 5.75 Å². The van der Waals surface area contributed by atoms with E-state index < -0.39 is 19.3 Å². The molecule has 1 heteroatoms. The first-order chi connectivity index (χ1) is 5.19. The van der Waals surface area contributed by atoms with Gasteiger partial charge in [-0.2, -0.15) is 12.6 Å². The average molecular weight is 108 g/mol. The minimum absolute atomic E-state index is 0.117. The molecule has 0 spiro atoms. The van der Waals surface area contributed by atoms with E-state index in [-0.39, 0.29) is 5.75 Å². The van der Waals surface area contributed by atoms with Crippen molar-refractivity contribution in [1.29, 1.82) is 0 Å². The Kier molecular flexibility index (Phi) is 0.703. The molecule has 0 bridgehead atoms. The molecule has 0 saturated heterocycles. The van der Waals surface area contributed by atoms with Gasteiger partial charge in [0.1, 0.15) is 0 Å². The SMILES string of the molecule is [2H]C([2H])([2H])C(=CCS)C([2H])([2H])[2H]. The van der Waals surface area contributed by atoms with Crippen LogP contribution in [0.1, 0.15) is 21.9 Å². The zero-order valence-corrected chi connectivity index (χ0v) is 4.13. The molecule has 0 radical (unpaired) electrons. The van der Waals surface area contributed by atoms with Crippen LogP contribution in [0.3, 0.4) is 0 Å². The van der Waals surface area contributed by atoms with Crippen molar-refractivity contribution in [3.05, 3.63) is 11.6 Å². The first-order valence-corrected chi connectivity index (χ1v) is 2.15. The van der Waals surface area contributed by atoms with Gasteiger partial charge in [-0.3, -0.25) is 0 Å². The molecule has 0 aromatic carbocycles. The molecule has 36 valence electrons. The molecule has 0 aromatic rings. The predicted octanol–water partition coefficient (Wildman–Crippen LogP) is 1.88. The Bertz CT molecular complexity index is 159. The van der Waals surface area contributed by atoms with Gasteiger partial charge >= 0.3 is 0 Å². The molecule has 0 aromatic heterocycles. The Morgan fingerprint density at radius 1 is 2.00 bits per heavy atom. The van der Waals surface area contributed by atoms with E-state index in [1.165, 1.54) is 0 Å². The van der Waals surface area contributed by atoms with Crippen LogP contribution in [0.4, 0.5) is 0 Å². The summed E-state index contributed by atoms with van der Waals surface area (Å²) < 4.78 is 41.5. The van der Waals surface area contributed by atoms with Crippen molar-refractivity contribution in [2.75, 3.05) is 5.75 Å². The third-order valence-electron chi connectivity index (χ3n) is 0.295. The van der Waals surface area contributed by atoms with Gasteiger partial charge in [-0.25, -0.2) is 0 Å². The molecular formula is C5H10S. The van der Waals surface area contributed by atoms with Crippen molar-refractivity contribution in [1.82, 2.24) is 0 Å². The number of hydrogen-bond donors (Lipinski definition) is 1. The number of hydrogen-bond acceptors (Lipinski definition) is 1. The summed E-state index contributed by atoms with van der Waals surface area (Å²) >= 11 is 3.75. The van der Waals surface area contributed by atoms with Crippen molar-refractivity contribution in [3.8, 4) is 0 Å². The van der Waals surface area contributed by atoms with Gasteiger partial charge in [-0.1, -0.05) is 11.6 Å². The highest BCUT2D eigenvalue weighted by Crippen LogP contribution is 1.87. The molecular weight excluding hydrogens is 92.1 g/mol. The molecule has 0 fully saturated rings. The van der Waals surface area contributed by atoms with Crippen LogP contribution < -0.4 is 0 Å². The van der Waals surface area contributed by atoms with Crippen LogP contribution in [0.15, 0.2) is 11.6 Å². The Morgan fingerprint density at radius 2 is 2.67 bits per heavy atom. The Balaban J connectivity index is 4.83. The molecule has 0 heterocycles. The molecule has 0 unspecified atom stereocenters. The molecule has 0 aliphatic carbocycles. The topological polar surface area (TPSA) is 0 Å². The van der Waals surface area contributed by atoms with Crippen LogP contribution in [-0.2, 0) is 0 Å². The third-order valence-corrected chi connectivity index (χ3v) is 0.478. The summed E-state index contributed by atoms with van der Waals surface area (Å²) in [7, 11) is 0. The molecule has 6 heavy (non-hydrogen) atoms. The van der Waals surface area contributed by atoms with Crippen LogP contribution in [0, 0.1) is 0 Å². The first-order valence-electron chi connectivity index (χ1n) is 4.51. The van der Waals surface area contributed by atoms with Crippen LogP contribution in [0.2, 0.25) is 0 Å². The highest BCUT2D eigenvalue weighted by Gasteiger charge is 1.67. The fourth-order valence-electron chi connectivity index (χ4n) is 0.0913. The number of rotatable bonds is 1. The van der Waals surface area contributed by atoms with Gasteiger partial charge in [0, 0.05) is 14.0 Å². The van der Waals surface area contributed by atoms with Crippen molar-refractivity contribution < 1.29 is 8.22 Å². The molecule has 0 saturated carbocycles. The van der Waals surface area contributed by atoms with E-state index in [0.717, 1.165) is 6.08 Å². The molecule has 0 aliphatic rings. The predicted molar refractivity (Wildman–Crippen MR) is 33.3 cm³/mol. The summed E-state index contributed by atoms with van der Waals surface area (Å²) in [5.41, 5.74) is -0.509. The summed E-state index contributed by atoms with van der Waals surface area (Å²) in [6.45, 7) is -5.10. The van der Waals surface area contributed by atoms with E-state index in [4.69, 9.17) is 8.22 Å². The molecule has 0 N–H and O–H groups in total. The van der Waals surface area contributed by atoms with Gasteiger partial charge < -0.3 is 0 Å². The Hall–Kier alpha value is 0.0900. The fourth-order valence-corrected chi connectivity index (χ4v) is 0.274. The highest BCUT2D eigenvalue weighted by molar-refractivity contribution is 7.80. The molecule has 0 aliphatic heterocycles. The molecule has 0 rings (SSSR count). The van der Waals surface area contributed by atoms with Crippen LogP contribution in [0.5, 0.6) is 0 Å². The van der Waals surface area contributed by atoms with E-state index in [1.54, 1.807) is 0 Å². The van der Waals surface area contributed by atoms with E-state index in [2.05, 4.69) is 12.6 Å². The van der Waals surface area contributed by atoms with Crippen LogP contribution >= 0.6 is 12.6 Å². The van der Waals surface area contributed by atoms with E-state index >= 15 is 0 Å². The second-order valence-corrected chi connectivity index (χ2v) is 1.17. The summed E-state index contributed by atoms with van der Waals surface area (Å²) in [5, 5.41) is 0. The van der Waals surface area contributed by atoms with Gasteiger partial charge in [-0.05, 0) is 13.7 Å². The average Bonchev–Trinajstić information content (AvgIpc) is 1.77. The maximum absolute atomic E-state index is 6.92. The Morgan fingerprint density at radius 3 is 2.83 bits per heavy atom. The fraction of sp³-hybridized carbons (Fsp3) is 0.600. The van der Waals surface area contributed by atoms with E-state index in [1.807, 2.05) is 0 Å². The standard InChI is InChI=1S/C5H10S/c1-5(2)3-4-6/h3,6H,4H2,1-2H3/i1D3,2D3. The third kappa shape index (κ3) is 4.09. The molecule has 0 amide bonds. The number of thiol groups is 1. The van der Waals surface area contributed by atoms with Gasteiger partial charge in [0.25, 0.3) is 0 Å². The quantitative estimate of drug-likeness (QED) is 0.385. The highest BCUT2D eigenvalue weighted by atomic mass is 32.1. The molecule has 0 atom stereocenters. The minimum atomic E-state index is -2.55. The second-order valence-electron chi connectivity index (χ2n) is 0.800. The van der Waals surface area contributed by atoms with E-state index in [0.29, 0.717) is 0 Å². The van der Waals surface area contributed by atoms with E-state index in [9.17, 15) is 0 Å². The van der Waals surface area contributed by atoms with Gasteiger partial charge in [0.05, 0.1) is 0 Å². The van der Waals surface area contributed by atoms with Crippen molar-refractivity contribution >= 4 is 12.6 Å². The maximum atomic E-state index is 6.92. The molecule has 0 nitrogen and oxygen atoms in total. The summed E-state index contributed by atoms with van der Waals surface area (Å²) in [6.07, 6.45) is 1.11. The van der Waals surface area contributed by atoms with Crippen LogP contribution in [0.25, 0.3) is 0 Å². The van der Waals surface area contributed by atoms with Crippen molar-refractivity contribution in [3.63, 3.8) is 0 Å². The van der Waals surface area contributed by atoms with Gasteiger partial charge in [0.15, 0.2) is 0 Å².